The molecule has 3 N–H and O–H groups in total. The van der Waals surface area contributed by atoms with E-state index in [1.165, 1.54) is 10.8 Å². The van der Waals surface area contributed by atoms with E-state index in [0.29, 0.717) is 37.4 Å². The van der Waals surface area contributed by atoms with Crippen LogP contribution in [-0.4, -0.2) is 35.3 Å². The fourth-order valence-electron chi connectivity index (χ4n) is 5.37. The van der Waals surface area contributed by atoms with E-state index in [4.69, 9.17) is 5.73 Å². The predicted molar refractivity (Wildman–Crippen MR) is 104 cm³/mol. The van der Waals surface area contributed by atoms with Crippen molar-refractivity contribution in [2.24, 2.45) is 23.5 Å². The molecule has 2 saturated carbocycles. The van der Waals surface area contributed by atoms with Crippen LogP contribution in [0.2, 0.25) is 0 Å². The normalized spacial score (nSPS) is 26.3. The second-order valence-corrected chi connectivity index (χ2v) is 8.63. The Hall–Kier alpha value is -2.48. The van der Waals surface area contributed by atoms with Crippen LogP contribution < -0.4 is 16.1 Å². The van der Waals surface area contributed by atoms with Crippen molar-refractivity contribution in [2.45, 2.75) is 31.7 Å². The number of halogens is 2. The highest BCUT2D eigenvalue weighted by atomic mass is 19.1. The van der Waals surface area contributed by atoms with Crippen molar-refractivity contribution in [2.75, 3.05) is 24.5 Å². The van der Waals surface area contributed by atoms with Crippen molar-refractivity contribution in [3.05, 3.63) is 39.7 Å². The second kappa shape index (κ2) is 6.52. The molecule has 0 unspecified atom stereocenters. The highest BCUT2D eigenvalue weighted by molar-refractivity contribution is 5.94. The average molecular weight is 403 g/mol. The number of carbonyl (C=O) groups is 1. The molecular weight excluding hydrogens is 380 g/mol. The number of rotatable bonds is 4. The summed E-state index contributed by atoms with van der Waals surface area (Å²) in [5, 5.41) is 9.13. The zero-order chi connectivity index (χ0) is 20.4. The number of aromatic carboxylic acids is 1. The number of nitrogens with zero attached hydrogens (tertiary/aromatic N) is 2. The molecule has 1 aliphatic heterocycles. The summed E-state index contributed by atoms with van der Waals surface area (Å²) in [4.78, 5) is 25.8. The molecule has 0 spiro atoms. The average Bonchev–Trinajstić information content (AvgIpc) is 3.33. The third kappa shape index (κ3) is 2.76. The number of hydrogen-bond acceptors (Lipinski definition) is 4. The molecule has 0 radical (unpaired) electrons. The summed E-state index contributed by atoms with van der Waals surface area (Å²) in [6.45, 7) is 1.70. The summed E-state index contributed by atoms with van der Waals surface area (Å²) in [7, 11) is 0. The topological polar surface area (TPSA) is 88.6 Å². The minimum atomic E-state index is -1.39. The minimum Gasteiger partial charge on any atom is -0.477 e. The van der Waals surface area contributed by atoms with E-state index in [1.807, 2.05) is 0 Å². The number of nitrogens with two attached hydrogens (primary N) is 1. The van der Waals surface area contributed by atoms with Crippen molar-refractivity contribution >= 4 is 22.6 Å². The molecule has 1 aromatic carbocycles. The molecule has 3 fully saturated rings. The van der Waals surface area contributed by atoms with Gasteiger partial charge in [0, 0.05) is 25.3 Å². The van der Waals surface area contributed by atoms with Gasteiger partial charge in [-0.2, -0.15) is 0 Å². The number of carboxylic acid groups (broad SMARTS) is 1. The lowest BCUT2D eigenvalue weighted by molar-refractivity contribution is 0.0695. The molecule has 8 heteroatoms. The van der Waals surface area contributed by atoms with E-state index in [9.17, 15) is 14.7 Å². The molecule has 2 aliphatic carbocycles. The first-order valence-corrected chi connectivity index (χ1v) is 10.2. The van der Waals surface area contributed by atoms with Crippen LogP contribution in [0.25, 0.3) is 10.9 Å². The SMILES string of the molecule is NC[C@@H]1CC[C@@H]2CN(c3c(F)cc4c(=O)c(C(=O)O)cn(C5CC5)c4c3F)C[C@H]12. The molecule has 154 valence electrons. The molecule has 29 heavy (non-hydrogen) atoms. The summed E-state index contributed by atoms with van der Waals surface area (Å²) in [5.41, 5.74) is 4.45. The summed E-state index contributed by atoms with van der Waals surface area (Å²) >= 11 is 0. The van der Waals surface area contributed by atoms with Crippen molar-refractivity contribution in [1.82, 2.24) is 4.57 Å². The predicted octanol–water partition coefficient (Wildman–Crippen LogP) is 2.73. The Morgan fingerprint density at radius 3 is 2.62 bits per heavy atom. The van der Waals surface area contributed by atoms with Crippen LogP contribution in [0.15, 0.2) is 17.1 Å². The molecule has 3 atom stereocenters. The Labute approximate surface area is 165 Å². The third-order valence-electron chi connectivity index (χ3n) is 6.98. The van der Waals surface area contributed by atoms with Crippen LogP contribution >= 0.6 is 0 Å². The maximum atomic E-state index is 15.7. The number of aromatic nitrogens is 1. The van der Waals surface area contributed by atoms with E-state index < -0.39 is 28.6 Å². The second-order valence-electron chi connectivity index (χ2n) is 8.63. The number of benzene rings is 1. The van der Waals surface area contributed by atoms with E-state index >= 15 is 8.78 Å². The van der Waals surface area contributed by atoms with E-state index in [0.717, 1.165) is 31.7 Å². The Balaban J connectivity index is 1.67. The van der Waals surface area contributed by atoms with Crippen molar-refractivity contribution < 1.29 is 18.7 Å². The lowest BCUT2D eigenvalue weighted by atomic mass is 9.93. The van der Waals surface area contributed by atoms with Crippen LogP contribution in [0.3, 0.4) is 0 Å². The van der Waals surface area contributed by atoms with E-state index in [2.05, 4.69) is 0 Å². The van der Waals surface area contributed by atoms with Gasteiger partial charge < -0.3 is 20.3 Å². The van der Waals surface area contributed by atoms with Gasteiger partial charge in [-0.15, -0.1) is 0 Å². The van der Waals surface area contributed by atoms with Crippen LogP contribution in [0, 0.1) is 29.4 Å². The van der Waals surface area contributed by atoms with Crippen molar-refractivity contribution in [3.8, 4) is 0 Å². The fraction of sp³-hybridized carbons (Fsp3) is 0.524. The lowest BCUT2D eigenvalue weighted by Crippen LogP contribution is -2.28. The van der Waals surface area contributed by atoms with Gasteiger partial charge in [-0.1, -0.05) is 0 Å². The van der Waals surface area contributed by atoms with Gasteiger partial charge in [-0.25, -0.2) is 13.6 Å². The smallest absolute Gasteiger partial charge is 0.341 e. The standard InChI is InChI=1S/C21H23F2N3O3/c22-16-5-13-18(26(12-3-4-12)9-15(20(13)27)21(28)29)17(23)19(16)25-7-11-2-1-10(6-24)14(11)8-25/h5,9-12,14H,1-4,6-8,24H2,(H,28,29)/t10-,11+,14+/m0/s1. The Kier molecular flexibility index (Phi) is 4.17. The third-order valence-corrected chi connectivity index (χ3v) is 6.98. The largest absolute Gasteiger partial charge is 0.477 e. The first kappa shape index (κ1) is 18.5. The number of anilines is 1. The van der Waals surface area contributed by atoms with E-state index in [-0.39, 0.29) is 22.6 Å². The molecule has 1 aromatic heterocycles. The summed E-state index contributed by atoms with van der Waals surface area (Å²) in [6.07, 6.45) is 4.82. The monoisotopic (exact) mass is 403 g/mol. The first-order valence-electron chi connectivity index (χ1n) is 10.2. The zero-order valence-corrected chi connectivity index (χ0v) is 15.9. The van der Waals surface area contributed by atoms with Crippen LogP contribution in [0.5, 0.6) is 0 Å². The van der Waals surface area contributed by atoms with Gasteiger partial charge in [-0.3, -0.25) is 4.79 Å². The molecule has 0 bridgehead atoms. The Morgan fingerprint density at radius 1 is 1.21 bits per heavy atom. The van der Waals surface area contributed by atoms with E-state index in [1.54, 1.807) is 4.90 Å². The molecule has 5 rings (SSSR count). The Bertz CT molecular complexity index is 1080. The van der Waals surface area contributed by atoms with Gasteiger partial charge in [0.15, 0.2) is 5.82 Å². The molecule has 2 heterocycles. The molecule has 2 aromatic rings. The fourth-order valence-corrected chi connectivity index (χ4v) is 5.37. The van der Waals surface area contributed by atoms with Crippen LogP contribution in [-0.2, 0) is 0 Å². The van der Waals surface area contributed by atoms with Gasteiger partial charge in [0.05, 0.1) is 10.9 Å². The quantitative estimate of drug-likeness (QED) is 0.820. The molecule has 1 saturated heterocycles. The van der Waals surface area contributed by atoms with Gasteiger partial charge in [0.25, 0.3) is 0 Å². The van der Waals surface area contributed by atoms with Crippen LogP contribution in [0.4, 0.5) is 14.5 Å². The Morgan fingerprint density at radius 2 is 1.97 bits per heavy atom. The van der Waals surface area contributed by atoms with Gasteiger partial charge in [0.2, 0.25) is 5.43 Å². The number of carboxylic acids is 1. The van der Waals surface area contributed by atoms with Gasteiger partial charge in [-0.05, 0) is 56.0 Å². The van der Waals surface area contributed by atoms with Crippen molar-refractivity contribution in [1.29, 1.82) is 0 Å². The molecule has 3 aliphatic rings. The van der Waals surface area contributed by atoms with Gasteiger partial charge >= 0.3 is 5.97 Å². The highest BCUT2D eigenvalue weighted by Gasteiger charge is 2.43. The number of hydrogen-bond donors (Lipinski definition) is 2. The minimum absolute atomic E-state index is 0.00587. The lowest BCUT2D eigenvalue weighted by Gasteiger charge is -2.24. The molecular formula is C21H23F2N3O3. The summed E-state index contributed by atoms with van der Waals surface area (Å²) in [6, 6.07) is 0.944. The number of pyridine rings is 1. The van der Waals surface area contributed by atoms with Gasteiger partial charge in [0.1, 0.15) is 17.1 Å². The highest BCUT2D eigenvalue weighted by Crippen LogP contribution is 2.45. The maximum absolute atomic E-state index is 15.7. The zero-order valence-electron chi connectivity index (χ0n) is 15.9. The molecule has 6 nitrogen and oxygen atoms in total. The summed E-state index contributed by atoms with van der Waals surface area (Å²) in [5.74, 6) is -1.91. The first-order chi connectivity index (χ1) is 13.9. The van der Waals surface area contributed by atoms with Crippen molar-refractivity contribution in [3.63, 3.8) is 0 Å². The molecule has 0 amide bonds. The number of fused-ring (bicyclic) bond motifs is 2. The maximum Gasteiger partial charge on any atom is 0.341 e. The summed E-state index contributed by atoms with van der Waals surface area (Å²) < 4.78 is 32.2. The van der Waals surface area contributed by atoms with Crippen LogP contribution in [0.1, 0.15) is 42.1 Å².